The molecule has 0 spiro atoms. The molecule has 1 heterocycles. The summed E-state index contributed by atoms with van der Waals surface area (Å²) in [5, 5.41) is 0. The van der Waals surface area contributed by atoms with Crippen LogP contribution in [0.4, 0.5) is 5.82 Å². The maximum absolute atomic E-state index is 5.72. The minimum Gasteiger partial charge on any atom is -0.354 e. The van der Waals surface area contributed by atoms with Crippen LogP contribution in [0.15, 0.2) is 18.3 Å². The molecule has 3 heteroatoms. The average molecular weight is 289 g/mol. The molecule has 1 aromatic heterocycles. The van der Waals surface area contributed by atoms with Gasteiger partial charge in [0.05, 0.1) is 0 Å². The molecule has 0 amide bonds. The molecule has 3 nitrogen and oxygen atoms in total. The fraction of sp³-hybridized carbons (Fsp3) is 0.722. The molecule has 1 aliphatic carbocycles. The molecule has 0 aromatic carbocycles. The molecule has 0 radical (unpaired) electrons. The first-order chi connectivity index (χ1) is 10.0. The Balaban J connectivity index is 2.15. The van der Waals surface area contributed by atoms with Crippen molar-refractivity contribution in [3.8, 4) is 0 Å². The molecular weight excluding hydrogens is 258 g/mol. The molecule has 2 rings (SSSR count). The zero-order valence-corrected chi connectivity index (χ0v) is 13.9. The third-order valence-electron chi connectivity index (χ3n) is 4.53. The Morgan fingerprint density at radius 3 is 2.43 bits per heavy atom. The number of nitrogens with two attached hydrogens (primary N) is 1. The lowest BCUT2D eigenvalue weighted by molar-refractivity contribution is 0.411. The van der Waals surface area contributed by atoms with Gasteiger partial charge in [0.2, 0.25) is 0 Å². The van der Waals surface area contributed by atoms with Crippen LogP contribution in [0, 0.1) is 0 Å². The highest BCUT2D eigenvalue weighted by atomic mass is 15.2. The highest BCUT2D eigenvalue weighted by molar-refractivity contribution is 5.41. The number of hydrogen-bond acceptors (Lipinski definition) is 3. The molecule has 1 fully saturated rings. The number of nitrogens with zero attached hydrogens (tertiary/aromatic N) is 2. The quantitative estimate of drug-likeness (QED) is 0.895. The Bertz CT molecular complexity index is 413. The van der Waals surface area contributed by atoms with Crippen LogP contribution in [0.1, 0.15) is 64.9 Å². The van der Waals surface area contributed by atoms with Crippen molar-refractivity contribution in [2.75, 3.05) is 18.0 Å². The Kier molecular flexibility index (Phi) is 5.63. The van der Waals surface area contributed by atoms with E-state index in [0.29, 0.717) is 6.04 Å². The zero-order chi connectivity index (χ0) is 15.3. The molecule has 21 heavy (non-hydrogen) atoms. The van der Waals surface area contributed by atoms with Crippen molar-refractivity contribution < 1.29 is 0 Å². The third-order valence-corrected chi connectivity index (χ3v) is 4.53. The Morgan fingerprint density at radius 2 is 1.90 bits per heavy atom. The second kappa shape index (κ2) is 7.26. The fourth-order valence-corrected chi connectivity index (χ4v) is 3.14. The van der Waals surface area contributed by atoms with Gasteiger partial charge in [0, 0.05) is 18.8 Å². The van der Waals surface area contributed by atoms with Crippen molar-refractivity contribution in [3.05, 3.63) is 23.9 Å². The summed E-state index contributed by atoms with van der Waals surface area (Å²) in [6.07, 6.45) is 9.78. The van der Waals surface area contributed by atoms with Crippen LogP contribution in [0.5, 0.6) is 0 Å². The fourth-order valence-electron chi connectivity index (χ4n) is 3.14. The van der Waals surface area contributed by atoms with Gasteiger partial charge in [-0.2, -0.15) is 0 Å². The standard InChI is InChI=1S/C18H31N3/c1-18(2,3)15-10-11-17(20-14-15)21(13-7-12-19)16-8-5-4-6-9-16/h10-11,14,16H,4-9,12-13,19H2,1-3H3. The maximum Gasteiger partial charge on any atom is 0.128 e. The Morgan fingerprint density at radius 1 is 1.19 bits per heavy atom. The van der Waals surface area contributed by atoms with Crippen molar-refractivity contribution in [3.63, 3.8) is 0 Å². The van der Waals surface area contributed by atoms with Crippen molar-refractivity contribution in [2.45, 2.75) is 70.8 Å². The van der Waals surface area contributed by atoms with E-state index in [-0.39, 0.29) is 5.41 Å². The largest absolute Gasteiger partial charge is 0.354 e. The van der Waals surface area contributed by atoms with Gasteiger partial charge in [0.15, 0.2) is 0 Å². The van der Waals surface area contributed by atoms with E-state index in [9.17, 15) is 0 Å². The number of aromatic nitrogens is 1. The van der Waals surface area contributed by atoms with Crippen molar-refractivity contribution in [1.29, 1.82) is 0 Å². The summed E-state index contributed by atoms with van der Waals surface area (Å²) in [6.45, 7) is 8.48. The van der Waals surface area contributed by atoms with Crippen molar-refractivity contribution >= 4 is 5.82 Å². The molecule has 0 atom stereocenters. The summed E-state index contributed by atoms with van der Waals surface area (Å²) in [5.74, 6) is 1.13. The van der Waals surface area contributed by atoms with E-state index in [0.717, 1.165) is 25.3 Å². The van der Waals surface area contributed by atoms with E-state index in [1.807, 2.05) is 6.20 Å². The molecule has 0 unspecified atom stereocenters. The maximum atomic E-state index is 5.72. The lowest BCUT2D eigenvalue weighted by atomic mass is 9.88. The molecule has 118 valence electrons. The molecule has 1 saturated carbocycles. The minimum absolute atomic E-state index is 0.165. The van der Waals surface area contributed by atoms with E-state index < -0.39 is 0 Å². The lowest BCUT2D eigenvalue weighted by Gasteiger charge is -2.35. The van der Waals surface area contributed by atoms with Gasteiger partial charge in [-0.05, 0) is 42.9 Å². The van der Waals surface area contributed by atoms with E-state index in [1.165, 1.54) is 37.7 Å². The molecule has 0 saturated heterocycles. The van der Waals surface area contributed by atoms with Crippen molar-refractivity contribution in [2.24, 2.45) is 5.73 Å². The lowest BCUT2D eigenvalue weighted by Crippen LogP contribution is -2.38. The Labute approximate surface area is 129 Å². The van der Waals surface area contributed by atoms with Crippen LogP contribution in [0.25, 0.3) is 0 Å². The highest BCUT2D eigenvalue weighted by Gasteiger charge is 2.22. The normalized spacial score (nSPS) is 17.0. The number of hydrogen-bond donors (Lipinski definition) is 1. The third kappa shape index (κ3) is 4.44. The van der Waals surface area contributed by atoms with Crippen LogP contribution in [-0.2, 0) is 5.41 Å². The number of anilines is 1. The van der Waals surface area contributed by atoms with Gasteiger partial charge in [-0.15, -0.1) is 0 Å². The van der Waals surface area contributed by atoms with Crippen LogP contribution < -0.4 is 10.6 Å². The number of rotatable bonds is 5. The molecule has 0 bridgehead atoms. The summed E-state index contributed by atoms with van der Waals surface area (Å²) in [4.78, 5) is 7.26. The summed E-state index contributed by atoms with van der Waals surface area (Å²) < 4.78 is 0. The van der Waals surface area contributed by atoms with Gasteiger partial charge in [0.25, 0.3) is 0 Å². The number of pyridine rings is 1. The van der Waals surface area contributed by atoms with Gasteiger partial charge in [0.1, 0.15) is 5.82 Å². The van der Waals surface area contributed by atoms with Gasteiger partial charge in [-0.1, -0.05) is 46.1 Å². The topological polar surface area (TPSA) is 42.1 Å². The average Bonchev–Trinajstić information content (AvgIpc) is 2.48. The van der Waals surface area contributed by atoms with Crippen molar-refractivity contribution in [1.82, 2.24) is 4.98 Å². The van der Waals surface area contributed by atoms with E-state index in [2.05, 4.69) is 37.8 Å². The zero-order valence-electron chi connectivity index (χ0n) is 13.9. The molecule has 1 aromatic rings. The first-order valence-corrected chi connectivity index (χ1v) is 8.45. The predicted molar refractivity (Wildman–Crippen MR) is 90.8 cm³/mol. The first kappa shape index (κ1) is 16.3. The smallest absolute Gasteiger partial charge is 0.128 e. The predicted octanol–water partition coefficient (Wildman–Crippen LogP) is 3.87. The van der Waals surface area contributed by atoms with Crippen LogP contribution in [-0.4, -0.2) is 24.1 Å². The second-order valence-electron chi connectivity index (χ2n) is 7.28. The second-order valence-corrected chi connectivity index (χ2v) is 7.28. The first-order valence-electron chi connectivity index (χ1n) is 8.45. The summed E-state index contributed by atoms with van der Waals surface area (Å²) >= 11 is 0. The van der Waals surface area contributed by atoms with Gasteiger partial charge in [-0.3, -0.25) is 0 Å². The molecule has 0 aliphatic heterocycles. The van der Waals surface area contributed by atoms with E-state index in [4.69, 9.17) is 10.7 Å². The Hall–Kier alpha value is -1.09. The summed E-state index contributed by atoms with van der Waals surface area (Å²) in [7, 11) is 0. The highest BCUT2D eigenvalue weighted by Crippen LogP contribution is 2.28. The monoisotopic (exact) mass is 289 g/mol. The van der Waals surface area contributed by atoms with Gasteiger partial charge >= 0.3 is 0 Å². The summed E-state index contributed by atoms with van der Waals surface area (Å²) in [6, 6.07) is 5.09. The SMILES string of the molecule is CC(C)(C)c1ccc(N(CCCN)C2CCCCC2)nc1. The van der Waals surface area contributed by atoms with Crippen LogP contribution >= 0.6 is 0 Å². The minimum atomic E-state index is 0.165. The van der Waals surface area contributed by atoms with Crippen LogP contribution in [0.2, 0.25) is 0 Å². The molecule has 2 N–H and O–H groups in total. The van der Waals surface area contributed by atoms with Crippen LogP contribution in [0.3, 0.4) is 0 Å². The molecule has 1 aliphatic rings. The van der Waals surface area contributed by atoms with E-state index in [1.54, 1.807) is 0 Å². The van der Waals surface area contributed by atoms with E-state index >= 15 is 0 Å². The van der Waals surface area contributed by atoms with Gasteiger partial charge < -0.3 is 10.6 Å². The summed E-state index contributed by atoms with van der Waals surface area (Å²) in [5.41, 5.74) is 7.18. The molecular formula is C18H31N3. The van der Waals surface area contributed by atoms with Gasteiger partial charge in [-0.25, -0.2) is 4.98 Å².